The van der Waals surface area contributed by atoms with Crippen molar-refractivity contribution in [3.8, 4) is 0 Å². The number of hydrogen-bond donors (Lipinski definition) is 3. The molecule has 2 unspecified atom stereocenters. The van der Waals surface area contributed by atoms with E-state index in [1.165, 1.54) is 154 Å². The molecule has 4 heteroatoms. The molecule has 0 heterocycles. The van der Waals surface area contributed by atoms with Crippen LogP contribution in [0.4, 0.5) is 0 Å². The van der Waals surface area contributed by atoms with E-state index in [-0.39, 0.29) is 12.5 Å². The highest BCUT2D eigenvalue weighted by Gasteiger charge is 2.17. The SMILES string of the molecule is CC/C=C\C/C=C\C/C=C\C/C=C\C/C=C\CCCCCCCCCCCCCCCC(=O)NC(CO)C(O)/C=C/CC/C=C/CCCCCCCCCCCCCC. The number of carbonyl (C=O) groups excluding carboxylic acids is 1. The van der Waals surface area contributed by atoms with Crippen molar-refractivity contribution < 1.29 is 15.0 Å². The Morgan fingerprint density at radius 2 is 0.763 bits per heavy atom. The van der Waals surface area contributed by atoms with Gasteiger partial charge in [-0.3, -0.25) is 4.79 Å². The molecule has 0 spiro atoms. The topological polar surface area (TPSA) is 69.6 Å². The molecule has 0 saturated carbocycles. The lowest BCUT2D eigenvalue weighted by atomic mass is 10.0. The van der Waals surface area contributed by atoms with Crippen molar-refractivity contribution in [3.05, 3.63) is 85.1 Å². The summed E-state index contributed by atoms with van der Waals surface area (Å²) in [6, 6.07) is -0.644. The molecule has 0 bridgehead atoms. The lowest BCUT2D eigenvalue weighted by Gasteiger charge is -2.19. The first-order valence-electron chi connectivity index (χ1n) is 25.3. The Labute approximate surface area is 367 Å². The molecule has 0 rings (SSSR count). The van der Waals surface area contributed by atoms with Crippen LogP contribution in [-0.2, 0) is 4.79 Å². The molecule has 59 heavy (non-hydrogen) atoms. The monoisotopic (exact) mass is 820 g/mol. The van der Waals surface area contributed by atoms with Gasteiger partial charge in [-0.25, -0.2) is 0 Å². The van der Waals surface area contributed by atoms with Crippen LogP contribution in [0.25, 0.3) is 0 Å². The van der Waals surface area contributed by atoms with E-state index in [0.717, 1.165) is 64.2 Å². The second-order valence-electron chi connectivity index (χ2n) is 16.8. The number of allylic oxidation sites excluding steroid dienone is 13. The number of rotatable bonds is 45. The van der Waals surface area contributed by atoms with Gasteiger partial charge in [0.15, 0.2) is 0 Å². The van der Waals surface area contributed by atoms with Crippen LogP contribution in [0, 0.1) is 0 Å². The summed E-state index contributed by atoms with van der Waals surface area (Å²) in [7, 11) is 0. The molecule has 340 valence electrons. The third kappa shape index (κ3) is 46.5. The van der Waals surface area contributed by atoms with E-state index < -0.39 is 12.1 Å². The van der Waals surface area contributed by atoms with Crippen LogP contribution in [0.2, 0.25) is 0 Å². The third-order valence-corrected chi connectivity index (χ3v) is 11.1. The highest BCUT2D eigenvalue weighted by atomic mass is 16.3. The van der Waals surface area contributed by atoms with Gasteiger partial charge in [0.25, 0.3) is 0 Å². The summed E-state index contributed by atoms with van der Waals surface area (Å²) in [4.78, 5) is 12.4. The average Bonchev–Trinajstić information content (AvgIpc) is 3.24. The zero-order valence-corrected chi connectivity index (χ0v) is 39.0. The Bertz CT molecular complexity index is 1070. The zero-order valence-electron chi connectivity index (χ0n) is 39.0. The van der Waals surface area contributed by atoms with Gasteiger partial charge in [0, 0.05) is 6.42 Å². The Kier molecular flexibility index (Phi) is 47.9. The molecule has 0 aromatic heterocycles. The van der Waals surface area contributed by atoms with Crippen molar-refractivity contribution >= 4 is 5.91 Å². The second kappa shape index (κ2) is 49.9. The second-order valence-corrected chi connectivity index (χ2v) is 16.8. The Balaban J connectivity index is 3.58. The van der Waals surface area contributed by atoms with Crippen molar-refractivity contribution in [1.29, 1.82) is 0 Å². The van der Waals surface area contributed by atoms with Gasteiger partial charge in [-0.15, -0.1) is 0 Å². The van der Waals surface area contributed by atoms with Crippen LogP contribution >= 0.6 is 0 Å². The van der Waals surface area contributed by atoms with E-state index in [4.69, 9.17) is 0 Å². The quantitative estimate of drug-likeness (QED) is 0.0423. The molecule has 0 saturated heterocycles. The molecule has 3 N–H and O–H groups in total. The number of unbranched alkanes of at least 4 members (excludes halogenated alkanes) is 26. The average molecular weight is 820 g/mol. The van der Waals surface area contributed by atoms with Crippen molar-refractivity contribution in [2.75, 3.05) is 6.61 Å². The van der Waals surface area contributed by atoms with Gasteiger partial charge in [-0.05, 0) is 77.0 Å². The molecule has 0 aliphatic heterocycles. The van der Waals surface area contributed by atoms with Gasteiger partial charge in [-0.1, -0.05) is 240 Å². The predicted octanol–water partition coefficient (Wildman–Crippen LogP) is 16.4. The number of aliphatic hydroxyl groups excluding tert-OH is 2. The predicted molar refractivity (Wildman–Crippen MR) is 262 cm³/mol. The Morgan fingerprint density at radius 3 is 1.19 bits per heavy atom. The van der Waals surface area contributed by atoms with E-state index in [9.17, 15) is 15.0 Å². The van der Waals surface area contributed by atoms with Gasteiger partial charge in [0.2, 0.25) is 5.91 Å². The van der Waals surface area contributed by atoms with Crippen LogP contribution in [0.15, 0.2) is 85.1 Å². The smallest absolute Gasteiger partial charge is 0.220 e. The van der Waals surface area contributed by atoms with Crippen LogP contribution in [0.1, 0.15) is 239 Å². The molecule has 0 aliphatic carbocycles. The lowest BCUT2D eigenvalue weighted by molar-refractivity contribution is -0.123. The summed E-state index contributed by atoms with van der Waals surface area (Å²) in [5, 5.41) is 23.1. The molecule has 0 radical (unpaired) electrons. The van der Waals surface area contributed by atoms with E-state index in [1.54, 1.807) is 6.08 Å². The van der Waals surface area contributed by atoms with Gasteiger partial charge in [-0.2, -0.15) is 0 Å². The first-order chi connectivity index (χ1) is 29.2. The van der Waals surface area contributed by atoms with Crippen LogP contribution in [-0.4, -0.2) is 34.9 Å². The first-order valence-corrected chi connectivity index (χ1v) is 25.3. The van der Waals surface area contributed by atoms with E-state index in [2.05, 4.69) is 92.1 Å². The maximum atomic E-state index is 12.4. The summed E-state index contributed by atoms with van der Waals surface area (Å²) < 4.78 is 0. The number of amides is 1. The molecule has 0 aromatic carbocycles. The summed E-state index contributed by atoms with van der Waals surface area (Å²) in [5.74, 6) is -0.0774. The Hall–Kier alpha value is -2.43. The van der Waals surface area contributed by atoms with E-state index in [1.807, 2.05) is 6.08 Å². The third-order valence-electron chi connectivity index (χ3n) is 11.1. The maximum Gasteiger partial charge on any atom is 0.220 e. The fourth-order valence-electron chi connectivity index (χ4n) is 7.28. The molecular formula is C55H97NO3. The molecule has 2 atom stereocenters. The standard InChI is InChI=1S/C55H97NO3/c1-3-5-7-9-11-13-15-17-19-21-23-24-25-26-27-28-29-30-31-32-33-35-37-39-41-43-45-47-49-51-55(59)56-53(52-57)54(58)50-48-46-44-42-40-38-36-34-22-20-18-16-14-12-10-8-6-4-2/h5,7,11,13,17,19,23-24,26-27,40,42,48,50,53-54,57-58H,3-4,6,8-10,12,14-16,18,20-22,25,28-39,41,43-47,49,51-52H2,1-2H3,(H,56,59)/b7-5-,13-11-,19-17-,24-23-,27-26-,42-40+,50-48+. The molecule has 1 amide bonds. The molecule has 0 aromatic rings. The summed E-state index contributed by atoms with van der Waals surface area (Å²) in [5.41, 5.74) is 0. The highest BCUT2D eigenvalue weighted by molar-refractivity contribution is 5.76. The van der Waals surface area contributed by atoms with Crippen LogP contribution < -0.4 is 5.32 Å². The minimum Gasteiger partial charge on any atom is -0.394 e. The molecular weight excluding hydrogens is 723 g/mol. The minimum absolute atomic E-state index is 0.0774. The number of aliphatic hydroxyl groups is 2. The normalized spacial score (nSPS) is 13.6. The van der Waals surface area contributed by atoms with Gasteiger partial charge in [0.05, 0.1) is 18.8 Å². The van der Waals surface area contributed by atoms with Gasteiger partial charge < -0.3 is 15.5 Å². The van der Waals surface area contributed by atoms with E-state index in [0.29, 0.717) is 6.42 Å². The van der Waals surface area contributed by atoms with Gasteiger partial charge in [0.1, 0.15) is 0 Å². The maximum absolute atomic E-state index is 12.4. The first kappa shape index (κ1) is 56.6. The number of nitrogens with one attached hydrogen (secondary N) is 1. The van der Waals surface area contributed by atoms with Crippen molar-refractivity contribution in [2.24, 2.45) is 0 Å². The Morgan fingerprint density at radius 1 is 0.424 bits per heavy atom. The van der Waals surface area contributed by atoms with Crippen LogP contribution in [0.3, 0.4) is 0 Å². The summed E-state index contributed by atoms with van der Waals surface area (Å²) in [6.07, 6.45) is 72.9. The zero-order chi connectivity index (χ0) is 42.8. The fourth-order valence-corrected chi connectivity index (χ4v) is 7.28. The van der Waals surface area contributed by atoms with Crippen molar-refractivity contribution in [3.63, 3.8) is 0 Å². The lowest BCUT2D eigenvalue weighted by Crippen LogP contribution is -2.45. The summed E-state index contributed by atoms with van der Waals surface area (Å²) in [6.45, 7) is 4.19. The highest BCUT2D eigenvalue weighted by Crippen LogP contribution is 2.15. The number of carbonyl (C=O) groups is 1. The molecule has 0 aliphatic rings. The largest absolute Gasteiger partial charge is 0.394 e. The molecule has 0 fully saturated rings. The summed E-state index contributed by atoms with van der Waals surface area (Å²) >= 11 is 0. The van der Waals surface area contributed by atoms with Crippen molar-refractivity contribution in [1.82, 2.24) is 5.32 Å². The molecule has 4 nitrogen and oxygen atoms in total. The number of hydrogen-bond acceptors (Lipinski definition) is 3. The van der Waals surface area contributed by atoms with Crippen molar-refractivity contribution in [2.45, 2.75) is 251 Å². The van der Waals surface area contributed by atoms with Gasteiger partial charge >= 0.3 is 0 Å². The fraction of sp³-hybridized carbons (Fsp3) is 0.727. The van der Waals surface area contributed by atoms with Crippen LogP contribution in [0.5, 0.6) is 0 Å². The van der Waals surface area contributed by atoms with E-state index >= 15 is 0 Å². The minimum atomic E-state index is -0.866.